The molecule has 0 aliphatic carbocycles. The maximum absolute atomic E-state index is 12.3. The molecule has 1 aliphatic heterocycles. The van der Waals surface area contributed by atoms with E-state index in [1.807, 2.05) is 30.3 Å². The van der Waals surface area contributed by atoms with Crippen molar-refractivity contribution in [2.24, 2.45) is 5.10 Å². The second kappa shape index (κ2) is 8.21. The third-order valence-corrected chi connectivity index (χ3v) is 4.71. The van der Waals surface area contributed by atoms with Gasteiger partial charge in [-0.15, -0.1) is 0 Å². The molecule has 2 aromatic rings. The van der Waals surface area contributed by atoms with E-state index in [0.717, 1.165) is 16.8 Å². The molecule has 7 nitrogen and oxygen atoms in total. The lowest BCUT2D eigenvalue weighted by atomic mass is 9.97. The zero-order chi connectivity index (χ0) is 20.3. The van der Waals surface area contributed by atoms with Crippen LogP contribution in [0.3, 0.4) is 0 Å². The molecule has 1 amide bonds. The van der Waals surface area contributed by atoms with Crippen molar-refractivity contribution in [3.05, 3.63) is 47.5 Å². The Morgan fingerprint density at radius 2 is 1.57 bits per heavy atom. The van der Waals surface area contributed by atoms with Crippen LogP contribution in [0.1, 0.15) is 30.5 Å². The highest BCUT2D eigenvalue weighted by Crippen LogP contribution is 2.40. The second-order valence-electron chi connectivity index (χ2n) is 6.34. The molecule has 1 atom stereocenters. The number of hydrazone groups is 1. The summed E-state index contributed by atoms with van der Waals surface area (Å²) in [6.07, 6.45) is 0.527. The minimum Gasteiger partial charge on any atom is -0.497 e. The maximum atomic E-state index is 12.3. The summed E-state index contributed by atoms with van der Waals surface area (Å²) in [7, 11) is 6.40. The van der Waals surface area contributed by atoms with Crippen LogP contribution in [-0.4, -0.2) is 45.1 Å². The lowest BCUT2D eigenvalue weighted by Crippen LogP contribution is -2.24. The van der Waals surface area contributed by atoms with Crippen LogP contribution in [0.15, 0.2) is 41.5 Å². The van der Waals surface area contributed by atoms with Crippen molar-refractivity contribution in [1.29, 1.82) is 0 Å². The zero-order valence-electron chi connectivity index (χ0n) is 16.7. The third-order valence-electron chi connectivity index (χ3n) is 4.71. The molecular formula is C21H24N2O5. The number of nitrogens with zero attached hydrogens (tertiary/aromatic N) is 2. The molecule has 2 aromatic carbocycles. The first-order valence-corrected chi connectivity index (χ1v) is 8.83. The third kappa shape index (κ3) is 3.74. The molecule has 0 aromatic heterocycles. The van der Waals surface area contributed by atoms with Crippen molar-refractivity contribution in [1.82, 2.24) is 5.01 Å². The van der Waals surface area contributed by atoms with Gasteiger partial charge in [0.15, 0.2) is 0 Å². The van der Waals surface area contributed by atoms with Gasteiger partial charge in [0.1, 0.15) is 23.0 Å². The molecular weight excluding hydrogens is 360 g/mol. The Kier molecular flexibility index (Phi) is 5.73. The average Bonchev–Trinajstić information content (AvgIpc) is 3.18. The lowest BCUT2D eigenvalue weighted by molar-refractivity contribution is -0.130. The topological polar surface area (TPSA) is 69.6 Å². The van der Waals surface area contributed by atoms with Gasteiger partial charge >= 0.3 is 0 Å². The first-order valence-electron chi connectivity index (χ1n) is 8.83. The largest absolute Gasteiger partial charge is 0.497 e. The standard InChI is InChI=1S/C21H24N2O5/c1-13(24)23-20(18-11-15(25-2)6-7-21(18)28-5)12-19(22-23)14-8-16(26-3)10-17(9-14)27-4/h6-11,20H,12H2,1-5H3/t20-/m0/s1. The van der Waals surface area contributed by atoms with Gasteiger partial charge in [-0.3, -0.25) is 4.79 Å². The highest BCUT2D eigenvalue weighted by molar-refractivity contribution is 6.03. The number of methoxy groups -OCH3 is 4. The van der Waals surface area contributed by atoms with Crippen LogP contribution in [0.4, 0.5) is 0 Å². The van der Waals surface area contributed by atoms with E-state index in [0.29, 0.717) is 29.4 Å². The van der Waals surface area contributed by atoms with Gasteiger partial charge in [-0.05, 0) is 30.3 Å². The Morgan fingerprint density at radius 1 is 0.929 bits per heavy atom. The maximum Gasteiger partial charge on any atom is 0.240 e. The minimum absolute atomic E-state index is 0.153. The number of carbonyl (C=O) groups is 1. The van der Waals surface area contributed by atoms with Crippen LogP contribution in [0.5, 0.6) is 23.0 Å². The molecule has 1 aliphatic rings. The molecule has 0 saturated heterocycles. The smallest absolute Gasteiger partial charge is 0.240 e. The first-order chi connectivity index (χ1) is 13.5. The van der Waals surface area contributed by atoms with Crippen molar-refractivity contribution in [3.63, 3.8) is 0 Å². The second-order valence-corrected chi connectivity index (χ2v) is 6.34. The monoisotopic (exact) mass is 384 g/mol. The Labute approximate surface area is 164 Å². The Hall–Kier alpha value is -3.22. The predicted octanol–water partition coefficient (Wildman–Crippen LogP) is 3.42. The number of carbonyl (C=O) groups excluding carboxylic acids is 1. The highest BCUT2D eigenvalue weighted by Gasteiger charge is 2.34. The van der Waals surface area contributed by atoms with E-state index in [4.69, 9.17) is 18.9 Å². The summed E-state index contributed by atoms with van der Waals surface area (Å²) in [4.78, 5) is 12.3. The molecule has 1 heterocycles. The van der Waals surface area contributed by atoms with Crippen LogP contribution >= 0.6 is 0 Å². The summed E-state index contributed by atoms with van der Waals surface area (Å²) in [5, 5.41) is 6.07. The number of benzene rings is 2. The normalized spacial score (nSPS) is 15.8. The summed E-state index contributed by atoms with van der Waals surface area (Å²) >= 11 is 0. The molecule has 0 unspecified atom stereocenters. The van der Waals surface area contributed by atoms with Crippen LogP contribution < -0.4 is 18.9 Å². The quantitative estimate of drug-likeness (QED) is 0.763. The first kappa shape index (κ1) is 19.5. The fourth-order valence-corrected chi connectivity index (χ4v) is 3.29. The van der Waals surface area contributed by atoms with Gasteiger partial charge in [-0.25, -0.2) is 5.01 Å². The molecule has 7 heteroatoms. The Bertz CT molecular complexity index is 887. The minimum atomic E-state index is -0.297. The molecule has 0 bridgehead atoms. The Balaban J connectivity index is 2.03. The van der Waals surface area contributed by atoms with Crippen molar-refractivity contribution in [2.45, 2.75) is 19.4 Å². The van der Waals surface area contributed by atoms with E-state index in [9.17, 15) is 4.79 Å². The number of amides is 1. The van der Waals surface area contributed by atoms with Crippen LogP contribution in [0, 0.1) is 0 Å². The molecule has 148 valence electrons. The van der Waals surface area contributed by atoms with Crippen molar-refractivity contribution in [2.75, 3.05) is 28.4 Å². The summed E-state index contributed by atoms with van der Waals surface area (Å²) in [5.74, 6) is 2.54. The van der Waals surface area contributed by atoms with E-state index in [1.165, 1.54) is 11.9 Å². The van der Waals surface area contributed by atoms with E-state index < -0.39 is 0 Å². The van der Waals surface area contributed by atoms with Gasteiger partial charge in [0.25, 0.3) is 0 Å². The molecule has 28 heavy (non-hydrogen) atoms. The van der Waals surface area contributed by atoms with Gasteiger partial charge < -0.3 is 18.9 Å². The molecule has 0 radical (unpaired) electrons. The van der Waals surface area contributed by atoms with Crippen molar-refractivity contribution >= 4 is 11.6 Å². The van der Waals surface area contributed by atoms with Gasteiger partial charge in [0.2, 0.25) is 5.91 Å². The summed E-state index contributed by atoms with van der Waals surface area (Å²) < 4.78 is 21.6. The SMILES string of the molecule is COc1cc(OC)cc(C2=NN(C(C)=O)[C@H](c3cc(OC)ccc3OC)C2)c1. The van der Waals surface area contributed by atoms with Crippen LogP contribution in [0.2, 0.25) is 0 Å². The fourth-order valence-electron chi connectivity index (χ4n) is 3.29. The Morgan fingerprint density at radius 3 is 2.11 bits per heavy atom. The number of rotatable bonds is 6. The molecule has 0 saturated carbocycles. The van der Waals surface area contributed by atoms with Crippen LogP contribution in [0.25, 0.3) is 0 Å². The zero-order valence-corrected chi connectivity index (χ0v) is 16.7. The average molecular weight is 384 g/mol. The van der Waals surface area contributed by atoms with Crippen molar-refractivity contribution < 1.29 is 23.7 Å². The van der Waals surface area contributed by atoms with E-state index in [2.05, 4.69) is 5.10 Å². The molecule has 0 fully saturated rings. The van der Waals surface area contributed by atoms with E-state index in [-0.39, 0.29) is 11.9 Å². The number of ether oxygens (including phenoxy) is 4. The van der Waals surface area contributed by atoms with Crippen LogP contribution in [-0.2, 0) is 4.79 Å². The fraction of sp³-hybridized carbons (Fsp3) is 0.333. The summed E-state index contributed by atoms with van der Waals surface area (Å²) in [6.45, 7) is 1.50. The van der Waals surface area contributed by atoms with Gasteiger partial charge in [0, 0.05) is 30.5 Å². The predicted molar refractivity (Wildman–Crippen MR) is 106 cm³/mol. The number of hydrogen-bond acceptors (Lipinski definition) is 6. The van der Waals surface area contributed by atoms with Gasteiger partial charge in [-0.1, -0.05) is 0 Å². The molecule has 0 N–H and O–H groups in total. The number of hydrogen-bond donors (Lipinski definition) is 0. The lowest BCUT2D eigenvalue weighted by Gasteiger charge is -2.22. The summed E-state index contributed by atoms with van der Waals surface area (Å²) in [6, 6.07) is 10.8. The molecule has 3 rings (SSSR count). The van der Waals surface area contributed by atoms with Gasteiger partial charge in [0.05, 0.1) is 40.2 Å². The van der Waals surface area contributed by atoms with Crippen molar-refractivity contribution in [3.8, 4) is 23.0 Å². The summed E-state index contributed by atoms with van der Waals surface area (Å²) in [5.41, 5.74) is 2.44. The highest BCUT2D eigenvalue weighted by atomic mass is 16.5. The van der Waals surface area contributed by atoms with E-state index in [1.54, 1.807) is 34.5 Å². The van der Waals surface area contributed by atoms with Gasteiger partial charge in [-0.2, -0.15) is 5.10 Å². The van der Waals surface area contributed by atoms with E-state index >= 15 is 0 Å². The molecule has 0 spiro atoms.